The Balaban J connectivity index is 1.65. The van der Waals surface area contributed by atoms with Gasteiger partial charge in [0.15, 0.2) is 15.6 Å². The fraction of sp³-hybridized carbons (Fsp3) is 0.625. The summed E-state index contributed by atoms with van der Waals surface area (Å²) in [5.74, 6) is 3.05. The fourth-order valence-electron chi connectivity index (χ4n) is 3.34. The molecule has 1 atom stereocenters. The zero-order valence-electron chi connectivity index (χ0n) is 14.2. The Hall–Kier alpha value is -1.71. The van der Waals surface area contributed by atoms with E-state index in [1.165, 1.54) is 0 Å². The highest BCUT2D eigenvalue weighted by atomic mass is 32.2. The third-order valence-corrected chi connectivity index (χ3v) is 6.44. The molecule has 0 amide bonds. The summed E-state index contributed by atoms with van der Waals surface area (Å²) in [6.45, 7) is 5.59. The smallest absolute Gasteiger partial charge is 0.217 e. The molecule has 4 rings (SSSR count). The number of furan rings is 1. The van der Waals surface area contributed by atoms with Crippen LogP contribution in [0.3, 0.4) is 0 Å². The van der Waals surface area contributed by atoms with Crippen LogP contribution in [0.4, 0.5) is 0 Å². The molecule has 0 N–H and O–H groups in total. The standard InChI is InChI=1S/C16H22N4O4S/c1-12-2-3-14(24-12)16-17-15(10-19-5-7-23-8-6-19)20(18-16)13-4-9-25(21,22)11-13/h2-3,13H,4-11H2,1H3/t13-/m0/s1. The average molecular weight is 366 g/mol. The molecule has 2 aromatic heterocycles. The second-order valence-corrected chi connectivity index (χ2v) is 8.88. The maximum absolute atomic E-state index is 11.9. The van der Waals surface area contributed by atoms with E-state index in [1.807, 2.05) is 19.1 Å². The Labute approximate surface area is 146 Å². The van der Waals surface area contributed by atoms with Crippen molar-refractivity contribution in [3.63, 3.8) is 0 Å². The van der Waals surface area contributed by atoms with Gasteiger partial charge in [-0.1, -0.05) is 0 Å². The number of nitrogens with zero attached hydrogens (tertiary/aromatic N) is 4. The molecule has 4 heterocycles. The molecule has 0 aliphatic carbocycles. The van der Waals surface area contributed by atoms with Crippen molar-refractivity contribution in [1.82, 2.24) is 19.7 Å². The Kier molecular flexibility index (Phi) is 4.38. The molecule has 0 unspecified atom stereocenters. The molecule has 2 aromatic rings. The third-order valence-electron chi connectivity index (χ3n) is 4.69. The number of sulfone groups is 1. The first-order valence-corrected chi connectivity index (χ1v) is 10.3. The molecule has 2 saturated heterocycles. The van der Waals surface area contributed by atoms with E-state index >= 15 is 0 Å². The lowest BCUT2D eigenvalue weighted by Gasteiger charge is -2.26. The van der Waals surface area contributed by atoms with Crippen molar-refractivity contribution in [3.8, 4) is 11.6 Å². The van der Waals surface area contributed by atoms with E-state index in [1.54, 1.807) is 4.68 Å². The first-order chi connectivity index (χ1) is 12.0. The van der Waals surface area contributed by atoms with Gasteiger partial charge in [-0.25, -0.2) is 18.1 Å². The van der Waals surface area contributed by atoms with Crippen molar-refractivity contribution in [2.45, 2.75) is 25.9 Å². The normalized spacial score (nSPS) is 24.0. The maximum atomic E-state index is 11.9. The monoisotopic (exact) mass is 366 g/mol. The van der Waals surface area contributed by atoms with Crippen LogP contribution < -0.4 is 0 Å². The summed E-state index contributed by atoms with van der Waals surface area (Å²) >= 11 is 0. The Morgan fingerprint density at radius 1 is 1.28 bits per heavy atom. The minimum Gasteiger partial charge on any atom is -0.458 e. The fourth-order valence-corrected chi connectivity index (χ4v) is 5.03. The van der Waals surface area contributed by atoms with Gasteiger partial charge in [0.05, 0.1) is 37.3 Å². The van der Waals surface area contributed by atoms with Crippen molar-refractivity contribution in [3.05, 3.63) is 23.7 Å². The van der Waals surface area contributed by atoms with E-state index in [-0.39, 0.29) is 17.5 Å². The molecule has 136 valence electrons. The highest BCUT2D eigenvalue weighted by Gasteiger charge is 2.32. The van der Waals surface area contributed by atoms with E-state index in [0.717, 1.165) is 24.7 Å². The van der Waals surface area contributed by atoms with Crippen LogP contribution in [-0.2, 0) is 21.1 Å². The van der Waals surface area contributed by atoms with Gasteiger partial charge in [-0.3, -0.25) is 4.90 Å². The third kappa shape index (κ3) is 3.63. The number of ether oxygens (including phenoxy) is 1. The molecule has 25 heavy (non-hydrogen) atoms. The zero-order chi connectivity index (χ0) is 17.4. The van der Waals surface area contributed by atoms with E-state index in [9.17, 15) is 8.42 Å². The van der Waals surface area contributed by atoms with Crippen molar-refractivity contribution in [2.75, 3.05) is 37.8 Å². The molecule has 0 radical (unpaired) electrons. The van der Waals surface area contributed by atoms with Gasteiger partial charge < -0.3 is 9.15 Å². The number of hydrogen-bond donors (Lipinski definition) is 0. The van der Waals surface area contributed by atoms with Crippen LogP contribution in [0.2, 0.25) is 0 Å². The van der Waals surface area contributed by atoms with Crippen molar-refractivity contribution < 1.29 is 17.6 Å². The molecular weight excluding hydrogens is 344 g/mol. The van der Waals surface area contributed by atoms with Crippen molar-refractivity contribution >= 4 is 9.84 Å². The van der Waals surface area contributed by atoms with Gasteiger partial charge in [-0.15, -0.1) is 5.10 Å². The van der Waals surface area contributed by atoms with E-state index < -0.39 is 9.84 Å². The van der Waals surface area contributed by atoms with Crippen LogP contribution >= 0.6 is 0 Å². The number of morpholine rings is 1. The quantitative estimate of drug-likeness (QED) is 0.798. The van der Waals surface area contributed by atoms with Gasteiger partial charge in [0.2, 0.25) is 5.82 Å². The topological polar surface area (TPSA) is 90.5 Å². The molecule has 8 nitrogen and oxygen atoms in total. The van der Waals surface area contributed by atoms with Gasteiger partial charge in [-0.05, 0) is 25.5 Å². The first-order valence-electron chi connectivity index (χ1n) is 8.53. The van der Waals surface area contributed by atoms with Gasteiger partial charge in [-0.2, -0.15) is 0 Å². The average Bonchev–Trinajstić information content (AvgIpc) is 3.27. The van der Waals surface area contributed by atoms with Crippen LogP contribution in [-0.4, -0.2) is 65.9 Å². The molecule has 2 aliphatic rings. The van der Waals surface area contributed by atoms with E-state index in [4.69, 9.17) is 9.15 Å². The van der Waals surface area contributed by atoms with Crippen LogP contribution in [0.15, 0.2) is 16.5 Å². The molecule has 9 heteroatoms. The number of rotatable bonds is 4. The minimum atomic E-state index is -2.99. The highest BCUT2D eigenvalue weighted by Crippen LogP contribution is 2.27. The van der Waals surface area contributed by atoms with Crippen LogP contribution in [0.25, 0.3) is 11.6 Å². The Morgan fingerprint density at radius 3 is 2.72 bits per heavy atom. The van der Waals surface area contributed by atoms with Gasteiger partial charge >= 0.3 is 0 Å². The second kappa shape index (κ2) is 6.54. The van der Waals surface area contributed by atoms with Gasteiger partial charge in [0.1, 0.15) is 11.6 Å². The summed E-state index contributed by atoms with van der Waals surface area (Å²) < 4.78 is 36.6. The SMILES string of the molecule is Cc1ccc(-c2nc(CN3CCOCC3)n([C@H]3CCS(=O)(=O)C3)n2)o1. The molecular formula is C16H22N4O4S. The highest BCUT2D eigenvalue weighted by molar-refractivity contribution is 7.91. The Morgan fingerprint density at radius 2 is 2.08 bits per heavy atom. The predicted molar refractivity (Wildman–Crippen MR) is 90.9 cm³/mol. The maximum Gasteiger partial charge on any atom is 0.217 e. The van der Waals surface area contributed by atoms with Crippen LogP contribution in [0, 0.1) is 6.92 Å². The first kappa shape index (κ1) is 16.7. The van der Waals surface area contributed by atoms with Crippen LogP contribution in [0.1, 0.15) is 24.0 Å². The van der Waals surface area contributed by atoms with Crippen molar-refractivity contribution in [1.29, 1.82) is 0 Å². The van der Waals surface area contributed by atoms with E-state index in [2.05, 4.69) is 15.0 Å². The Bertz CT molecular complexity index is 851. The summed E-state index contributed by atoms with van der Waals surface area (Å²) in [6, 6.07) is 3.56. The van der Waals surface area contributed by atoms with E-state index in [0.29, 0.717) is 37.8 Å². The number of hydrogen-bond acceptors (Lipinski definition) is 7. The number of aryl methyl sites for hydroxylation is 1. The molecule has 0 aromatic carbocycles. The van der Waals surface area contributed by atoms with Gasteiger partial charge in [0.25, 0.3) is 0 Å². The van der Waals surface area contributed by atoms with Gasteiger partial charge in [0, 0.05) is 13.1 Å². The molecule has 0 spiro atoms. The largest absolute Gasteiger partial charge is 0.458 e. The summed E-state index contributed by atoms with van der Waals surface area (Å²) in [5, 5.41) is 4.60. The molecule has 2 aliphatic heterocycles. The zero-order valence-corrected chi connectivity index (χ0v) is 15.0. The lowest BCUT2D eigenvalue weighted by molar-refractivity contribution is 0.0322. The summed E-state index contributed by atoms with van der Waals surface area (Å²) in [6.07, 6.45) is 0.582. The lowest BCUT2D eigenvalue weighted by Crippen LogP contribution is -2.36. The van der Waals surface area contributed by atoms with Crippen LogP contribution in [0.5, 0.6) is 0 Å². The molecule has 0 bridgehead atoms. The summed E-state index contributed by atoms with van der Waals surface area (Å²) in [4.78, 5) is 6.92. The lowest BCUT2D eigenvalue weighted by atomic mass is 10.2. The molecule has 0 saturated carbocycles. The van der Waals surface area contributed by atoms with Crippen molar-refractivity contribution in [2.24, 2.45) is 0 Å². The summed E-state index contributed by atoms with van der Waals surface area (Å²) in [7, 11) is -2.99. The second-order valence-electron chi connectivity index (χ2n) is 6.65. The predicted octanol–water partition coefficient (Wildman–Crippen LogP) is 1.04. The number of aromatic nitrogens is 3. The molecule has 2 fully saturated rings. The summed E-state index contributed by atoms with van der Waals surface area (Å²) in [5.41, 5.74) is 0. The minimum absolute atomic E-state index is 0.128.